The fourth-order valence-corrected chi connectivity index (χ4v) is 3.71. The lowest BCUT2D eigenvalue weighted by atomic mass is 10.3. The molecule has 122 valence electrons. The molecule has 0 saturated carbocycles. The predicted molar refractivity (Wildman–Crippen MR) is 89.8 cm³/mol. The highest BCUT2D eigenvalue weighted by Crippen LogP contribution is 2.23. The number of hydrogen-bond donors (Lipinski definition) is 1. The van der Waals surface area contributed by atoms with E-state index in [1.165, 1.54) is 11.3 Å². The fourth-order valence-electron chi connectivity index (χ4n) is 2.86. The van der Waals surface area contributed by atoms with Gasteiger partial charge in [0.1, 0.15) is 4.88 Å². The molecule has 6 nitrogen and oxygen atoms in total. The number of carbonyl (C=O) groups excluding carboxylic acids is 2. The summed E-state index contributed by atoms with van der Waals surface area (Å²) >= 11 is 1.47. The van der Waals surface area contributed by atoms with Crippen molar-refractivity contribution < 1.29 is 9.59 Å². The summed E-state index contributed by atoms with van der Waals surface area (Å²) in [6.07, 6.45) is 4.73. The molecule has 7 heteroatoms. The molecule has 2 N–H and O–H groups in total. The number of hydrogen-bond acceptors (Lipinski definition) is 4. The van der Waals surface area contributed by atoms with E-state index < -0.39 is 0 Å². The smallest absolute Gasteiger partial charge is 0.266 e. The summed E-state index contributed by atoms with van der Waals surface area (Å²) in [6, 6.07) is 5.86. The first-order chi connectivity index (χ1) is 11.1. The van der Waals surface area contributed by atoms with Gasteiger partial charge in [0, 0.05) is 38.6 Å². The molecule has 2 aromatic heterocycles. The number of amides is 2. The minimum absolute atomic E-state index is 0.0598. The Balaban J connectivity index is 1.72. The van der Waals surface area contributed by atoms with Crippen molar-refractivity contribution in [1.82, 2.24) is 14.4 Å². The Morgan fingerprint density at radius 1 is 1.13 bits per heavy atom. The van der Waals surface area contributed by atoms with E-state index in [9.17, 15) is 9.59 Å². The number of thiophene rings is 1. The van der Waals surface area contributed by atoms with Gasteiger partial charge in [0.2, 0.25) is 5.91 Å². The second-order valence-corrected chi connectivity index (χ2v) is 6.53. The van der Waals surface area contributed by atoms with Crippen LogP contribution in [-0.4, -0.2) is 58.9 Å². The molecule has 3 heterocycles. The Labute approximate surface area is 139 Å². The van der Waals surface area contributed by atoms with E-state index in [0.717, 1.165) is 23.5 Å². The largest absolute Gasteiger partial charge is 0.369 e. The lowest BCUT2D eigenvalue weighted by Gasteiger charge is -2.21. The van der Waals surface area contributed by atoms with E-state index in [1.807, 2.05) is 50.3 Å². The summed E-state index contributed by atoms with van der Waals surface area (Å²) in [5.74, 6) is -0.262. The van der Waals surface area contributed by atoms with Crippen LogP contribution in [-0.2, 0) is 4.79 Å². The van der Waals surface area contributed by atoms with Gasteiger partial charge in [0.15, 0.2) is 0 Å². The Hall–Kier alpha value is -2.12. The number of rotatable bonds is 4. The van der Waals surface area contributed by atoms with E-state index in [-0.39, 0.29) is 18.4 Å². The van der Waals surface area contributed by atoms with Gasteiger partial charge in [-0.1, -0.05) is 0 Å². The van der Waals surface area contributed by atoms with Crippen LogP contribution in [0.25, 0.3) is 5.69 Å². The number of primary amides is 1. The van der Waals surface area contributed by atoms with Crippen LogP contribution in [0.15, 0.2) is 36.0 Å². The van der Waals surface area contributed by atoms with Crippen molar-refractivity contribution in [3.05, 3.63) is 40.8 Å². The standard InChI is InChI=1S/C16H20N4O2S/c17-14(21)12-18-5-3-8-20(10-9-18)16(22)15-13(4-11-23-15)19-6-1-2-7-19/h1-2,4,6-7,11H,3,5,8-10,12H2,(H2,17,21). The molecule has 1 fully saturated rings. The number of aromatic nitrogens is 1. The summed E-state index contributed by atoms with van der Waals surface area (Å²) in [4.78, 5) is 28.6. The molecule has 0 radical (unpaired) electrons. The molecule has 0 bridgehead atoms. The molecule has 0 unspecified atom stereocenters. The van der Waals surface area contributed by atoms with Crippen LogP contribution >= 0.6 is 11.3 Å². The molecular formula is C16H20N4O2S. The quantitative estimate of drug-likeness (QED) is 0.914. The molecule has 1 saturated heterocycles. The molecule has 0 aromatic carbocycles. The normalized spacial score (nSPS) is 16.3. The van der Waals surface area contributed by atoms with E-state index >= 15 is 0 Å². The lowest BCUT2D eigenvalue weighted by molar-refractivity contribution is -0.119. The zero-order valence-electron chi connectivity index (χ0n) is 12.9. The molecule has 0 aliphatic carbocycles. The summed E-state index contributed by atoms with van der Waals surface area (Å²) in [5.41, 5.74) is 6.18. The van der Waals surface area contributed by atoms with Gasteiger partial charge in [-0.2, -0.15) is 0 Å². The first-order valence-corrected chi connectivity index (χ1v) is 8.54. The van der Waals surface area contributed by atoms with Crippen molar-refractivity contribution >= 4 is 23.2 Å². The molecule has 2 aromatic rings. The van der Waals surface area contributed by atoms with Gasteiger partial charge in [-0.05, 0) is 30.0 Å². The molecule has 1 aliphatic heterocycles. The van der Waals surface area contributed by atoms with Gasteiger partial charge in [-0.3, -0.25) is 14.5 Å². The van der Waals surface area contributed by atoms with Gasteiger partial charge < -0.3 is 15.2 Å². The summed E-state index contributed by atoms with van der Waals surface area (Å²) < 4.78 is 1.96. The highest BCUT2D eigenvalue weighted by molar-refractivity contribution is 7.12. The molecule has 23 heavy (non-hydrogen) atoms. The van der Waals surface area contributed by atoms with Crippen molar-refractivity contribution in [3.63, 3.8) is 0 Å². The van der Waals surface area contributed by atoms with Crippen molar-refractivity contribution in [2.75, 3.05) is 32.7 Å². The van der Waals surface area contributed by atoms with Gasteiger partial charge in [0.05, 0.1) is 12.2 Å². The van der Waals surface area contributed by atoms with Crippen LogP contribution in [0.4, 0.5) is 0 Å². The zero-order chi connectivity index (χ0) is 16.2. The average molecular weight is 332 g/mol. The third-order valence-electron chi connectivity index (χ3n) is 3.98. The van der Waals surface area contributed by atoms with Crippen LogP contribution in [0.2, 0.25) is 0 Å². The number of carbonyl (C=O) groups is 2. The third kappa shape index (κ3) is 3.62. The van der Waals surface area contributed by atoms with Crippen LogP contribution in [0.5, 0.6) is 0 Å². The minimum Gasteiger partial charge on any atom is -0.369 e. The van der Waals surface area contributed by atoms with Crippen molar-refractivity contribution in [3.8, 4) is 5.69 Å². The maximum atomic E-state index is 12.9. The van der Waals surface area contributed by atoms with Crippen LogP contribution in [0.1, 0.15) is 16.1 Å². The molecule has 1 aliphatic rings. The molecular weight excluding hydrogens is 312 g/mol. The maximum Gasteiger partial charge on any atom is 0.266 e. The summed E-state index contributed by atoms with van der Waals surface area (Å²) in [7, 11) is 0. The second-order valence-electron chi connectivity index (χ2n) is 5.61. The Morgan fingerprint density at radius 2 is 1.91 bits per heavy atom. The zero-order valence-corrected chi connectivity index (χ0v) is 13.7. The average Bonchev–Trinajstić information content (AvgIpc) is 3.14. The Kier molecular flexibility index (Phi) is 4.78. The highest BCUT2D eigenvalue weighted by atomic mass is 32.1. The van der Waals surface area contributed by atoms with E-state index in [2.05, 4.69) is 0 Å². The highest BCUT2D eigenvalue weighted by Gasteiger charge is 2.24. The van der Waals surface area contributed by atoms with Crippen LogP contribution < -0.4 is 5.73 Å². The van der Waals surface area contributed by atoms with Crippen LogP contribution in [0, 0.1) is 0 Å². The molecule has 0 spiro atoms. The maximum absolute atomic E-state index is 12.9. The van der Waals surface area contributed by atoms with Crippen molar-refractivity contribution in [2.24, 2.45) is 5.73 Å². The monoisotopic (exact) mass is 332 g/mol. The molecule has 3 rings (SSSR count). The molecule has 0 atom stereocenters. The second kappa shape index (κ2) is 6.97. The Morgan fingerprint density at radius 3 is 2.65 bits per heavy atom. The fraction of sp³-hybridized carbons (Fsp3) is 0.375. The first-order valence-electron chi connectivity index (χ1n) is 7.66. The van der Waals surface area contributed by atoms with Gasteiger partial charge in [0.25, 0.3) is 5.91 Å². The van der Waals surface area contributed by atoms with Crippen LogP contribution in [0.3, 0.4) is 0 Å². The van der Waals surface area contributed by atoms with Gasteiger partial charge in [-0.15, -0.1) is 11.3 Å². The van der Waals surface area contributed by atoms with E-state index in [1.54, 1.807) is 0 Å². The summed E-state index contributed by atoms with van der Waals surface area (Å²) in [6.45, 7) is 3.06. The molecule has 2 amide bonds. The number of nitrogens with zero attached hydrogens (tertiary/aromatic N) is 3. The van der Waals surface area contributed by atoms with E-state index in [4.69, 9.17) is 5.73 Å². The Bertz CT molecular complexity index is 680. The van der Waals surface area contributed by atoms with Crippen molar-refractivity contribution in [2.45, 2.75) is 6.42 Å². The first kappa shape index (κ1) is 15.8. The summed E-state index contributed by atoms with van der Waals surface area (Å²) in [5, 5.41) is 1.94. The van der Waals surface area contributed by atoms with Crippen molar-refractivity contribution in [1.29, 1.82) is 0 Å². The van der Waals surface area contributed by atoms with Gasteiger partial charge in [-0.25, -0.2) is 0 Å². The SMILES string of the molecule is NC(=O)CN1CCCN(C(=O)c2sccc2-n2cccc2)CC1. The topological polar surface area (TPSA) is 71.6 Å². The minimum atomic E-state index is -0.321. The lowest BCUT2D eigenvalue weighted by Crippen LogP contribution is -2.38. The van der Waals surface area contributed by atoms with E-state index in [0.29, 0.717) is 19.6 Å². The third-order valence-corrected chi connectivity index (χ3v) is 4.87. The predicted octanol–water partition coefficient (Wildman–Crippen LogP) is 1.17. The van der Waals surface area contributed by atoms with Gasteiger partial charge >= 0.3 is 0 Å². The number of nitrogens with two attached hydrogens (primary N) is 1.